The van der Waals surface area contributed by atoms with Gasteiger partial charge in [-0.2, -0.15) is 4.98 Å². The van der Waals surface area contributed by atoms with Crippen molar-refractivity contribution in [3.8, 4) is 11.5 Å². The molecule has 1 aliphatic rings. The van der Waals surface area contributed by atoms with E-state index in [2.05, 4.69) is 33.1 Å². The highest BCUT2D eigenvalue weighted by atomic mass is 16.5. The number of hydrogen-bond donors (Lipinski definition) is 0. The molecule has 1 saturated heterocycles. The maximum Gasteiger partial charge on any atom is 0.227 e. The monoisotopic (exact) mass is 308 g/mol. The molecule has 0 radical (unpaired) electrons. The van der Waals surface area contributed by atoms with Gasteiger partial charge in [0.25, 0.3) is 0 Å². The zero-order chi connectivity index (χ0) is 15.6. The zero-order valence-corrected chi connectivity index (χ0v) is 13.3. The molecule has 3 heterocycles. The Morgan fingerprint density at radius 3 is 2.87 bits per heavy atom. The maximum atomic E-state index is 5.48. The molecule has 0 bridgehead atoms. The number of fused-ring (bicyclic) bond motifs is 1. The van der Waals surface area contributed by atoms with Crippen LogP contribution in [-0.2, 0) is 6.42 Å². The number of hydrogen-bond acceptors (Lipinski definition) is 5. The summed E-state index contributed by atoms with van der Waals surface area (Å²) in [6, 6.07) is 10.1. The van der Waals surface area contributed by atoms with Crippen molar-refractivity contribution in [2.75, 3.05) is 20.1 Å². The second-order valence-electron chi connectivity index (χ2n) is 6.34. The fraction of sp³-hybridized carbons (Fsp3) is 0.389. The predicted octanol–water partition coefficient (Wildman–Crippen LogP) is 3.17. The Balaban J connectivity index is 1.57. The number of aromatic nitrogens is 3. The number of piperidine rings is 1. The predicted molar refractivity (Wildman–Crippen MR) is 89.0 cm³/mol. The van der Waals surface area contributed by atoms with E-state index in [9.17, 15) is 0 Å². The van der Waals surface area contributed by atoms with Crippen LogP contribution in [0.2, 0.25) is 0 Å². The van der Waals surface area contributed by atoms with Crippen LogP contribution in [0, 0.1) is 5.92 Å². The summed E-state index contributed by atoms with van der Waals surface area (Å²) in [6.07, 6.45) is 5.05. The van der Waals surface area contributed by atoms with Crippen molar-refractivity contribution in [2.24, 2.45) is 5.92 Å². The van der Waals surface area contributed by atoms with Gasteiger partial charge in [-0.25, -0.2) is 0 Å². The lowest BCUT2D eigenvalue weighted by Crippen LogP contribution is -2.30. The van der Waals surface area contributed by atoms with Gasteiger partial charge in [0.1, 0.15) is 5.69 Å². The van der Waals surface area contributed by atoms with Crippen molar-refractivity contribution in [1.29, 1.82) is 0 Å². The normalized spacial score (nSPS) is 16.9. The molecule has 0 amide bonds. The molecule has 0 unspecified atom stereocenters. The maximum absolute atomic E-state index is 5.48. The van der Waals surface area contributed by atoms with Gasteiger partial charge in [0.15, 0.2) is 0 Å². The van der Waals surface area contributed by atoms with Crippen LogP contribution in [0.25, 0.3) is 22.3 Å². The summed E-state index contributed by atoms with van der Waals surface area (Å²) >= 11 is 0. The zero-order valence-electron chi connectivity index (χ0n) is 13.3. The summed E-state index contributed by atoms with van der Waals surface area (Å²) < 4.78 is 5.48. The van der Waals surface area contributed by atoms with E-state index in [0.29, 0.717) is 11.7 Å². The molecule has 0 saturated carbocycles. The first-order valence-electron chi connectivity index (χ1n) is 8.15. The number of benzene rings is 1. The van der Waals surface area contributed by atoms with E-state index in [1.54, 1.807) is 6.20 Å². The van der Waals surface area contributed by atoms with E-state index in [0.717, 1.165) is 41.9 Å². The van der Waals surface area contributed by atoms with Gasteiger partial charge in [0.05, 0.1) is 0 Å². The lowest BCUT2D eigenvalue weighted by atomic mass is 9.94. The van der Waals surface area contributed by atoms with Crippen LogP contribution in [0.15, 0.2) is 41.1 Å². The van der Waals surface area contributed by atoms with Gasteiger partial charge in [0.2, 0.25) is 11.7 Å². The minimum absolute atomic E-state index is 0.588. The van der Waals surface area contributed by atoms with Crippen molar-refractivity contribution in [1.82, 2.24) is 20.0 Å². The van der Waals surface area contributed by atoms with Crippen molar-refractivity contribution in [2.45, 2.75) is 19.3 Å². The van der Waals surface area contributed by atoms with Crippen molar-refractivity contribution >= 4 is 10.8 Å². The quantitative estimate of drug-likeness (QED) is 0.744. The molecular weight excluding hydrogens is 288 g/mol. The molecule has 1 aliphatic heterocycles. The average Bonchev–Trinajstić information content (AvgIpc) is 3.05. The number of nitrogens with zero attached hydrogens (tertiary/aromatic N) is 4. The van der Waals surface area contributed by atoms with E-state index in [1.165, 1.54) is 12.8 Å². The summed E-state index contributed by atoms with van der Waals surface area (Å²) in [6.45, 7) is 2.30. The highest BCUT2D eigenvalue weighted by Crippen LogP contribution is 2.25. The minimum Gasteiger partial charge on any atom is -0.339 e. The molecular formula is C18H20N4O. The van der Waals surface area contributed by atoms with Gasteiger partial charge in [-0.3, -0.25) is 4.98 Å². The standard InChI is InChI=1S/C18H20N4O/c1-22-10-7-13(8-11-22)12-16-20-18(21-23-16)17-15-5-3-2-4-14(15)6-9-19-17/h2-6,9,13H,7-8,10-12H2,1H3. The summed E-state index contributed by atoms with van der Waals surface area (Å²) in [5.41, 5.74) is 0.793. The SMILES string of the molecule is CN1CCC(Cc2nc(-c3nccc4ccccc34)no2)CC1. The van der Waals surface area contributed by atoms with Crippen LogP contribution >= 0.6 is 0 Å². The Bertz CT molecular complexity index is 800. The highest BCUT2D eigenvalue weighted by Gasteiger charge is 2.20. The molecule has 5 heteroatoms. The molecule has 1 fully saturated rings. The Morgan fingerprint density at radius 1 is 1.17 bits per heavy atom. The second kappa shape index (κ2) is 6.08. The first-order valence-corrected chi connectivity index (χ1v) is 8.15. The minimum atomic E-state index is 0.588. The molecule has 3 aromatic rings. The molecule has 118 valence electrons. The van der Waals surface area contributed by atoms with Gasteiger partial charge in [-0.15, -0.1) is 0 Å². The second-order valence-corrected chi connectivity index (χ2v) is 6.34. The molecule has 0 N–H and O–H groups in total. The molecule has 5 nitrogen and oxygen atoms in total. The first-order chi connectivity index (χ1) is 11.3. The topological polar surface area (TPSA) is 55.1 Å². The lowest BCUT2D eigenvalue weighted by Gasteiger charge is -2.27. The van der Waals surface area contributed by atoms with E-state index in [1.807, 2.05) is 24.3 Å². The molecule has 0 spiro atoms. The summed E-state index contributed by atoms with van der Waals surface area (Å²) in [5.74, 6) is 1.95. The molecule has 0 aliphatic carbocycles. The van der Waals surface area contributed by atoms with Crippen molar-refractivity contribution < 1.29 is 4.52 Å². The average molecular weight is 308 g/mol. The number of pyridine rings is 1. The van der Waals surface area contributed by atoms with E-state index in [-0.39, 0.29) is 0 Å². The fourth-order valence-corrected chi connectivity index (χ4v) is 3.24. The van der Waals surface area contributed by atoms with Gasteiger partial charge in [-0.1, -0.05) is 29.4 Å². The van der Waals surface area contributed by atoms with E-state index in [4.69, 9.17) is 4.52 Å². The molecule has 4 rings (SSSR count). The van der Waals surface area contributed by atoms with Gasteiger partial charge in [0, 0.05) is 18.0 Å². The number of likely N-dealkylation sites (tertiary alicyclic amines) is 1. The third-order valence-corrected chi connectivity index (χ3v) is 4.65. The van der Waals surface area contributed by atoms with E-state index >= 15 is 0 Å². The largest absolute Gasteiger partial charge is 0.339 e. The number of rotatable bonds is 3. The first kappa shape index (κ1) is 14.3. The smallest absolute Gasteiger partial charge is 0.227 e. The van der Waals surface area contributed by atoms with Gasteiger partial charge in [-0.05, 0) is 50.3 Å². The van der Waals surface area contributed by atoms with Gasteiger partial charge >= 0.3 is 0 Å². The summed E-state index contributed by atoms with van der Waals surface area (Å²) in [5, 5.41) is 6.35. The Hall–Kier alpha value is -2.27. The van der Waals surface area contributed by atoms with Gasteiger partial charge < -0.3 is 9.42 Å². The van der Waals surface area contributed by atoms with Crippen molar-refractivity contribution in [3.63, 3.8) is 0 Å². The summed E-state index contributed by atoms with van der Waals surface area (Å²) in [7, 11) is 2.17. The highest BCUT2D eigenvalue weighted by molar-refractivity contribution is 5.92. The Kier molecular flexibility index (Phi) is 3.79. The third kappa shape index (κ3) is 2.97. The fourth-order valence-electron chi connectivity index (χ4n) is 3.24. The van der Waals surface area contributed by atoms with Crippen molar-refractivity contribution in [3.05, 3.63) is 42.4 Å². The van der Waals surface area contributed by atoms with Crippen LogP contribution in [0.1, 0.15) is 18.7 Å². The van der Waals surface area contributed by atoms with Crippen LogP contribution in [0.5, 0.6) is 0 Å². The van der Waals surface area contributed by atoms with Crippen LogP contribution in [-0.4, -0.2) is 40.2 Å². The molecule has 23 heavy (non-hydrogen) atoms. The molecule has 2 aromatic heterocycles. The summed E-state index contributed by atoms with van der Waals surface area (Å²) in [4.78, 5) is 11.4. The Labute approximate surface area is 135 Å². The van der Waals surface area contributed by atoms with Crippen LogP contribution in [0.3, 0.4) is 0 Å². The van der Waals surface area contributed by atoms with Crippen LogP contribution in [0.4, 0.5) is 0 Å². The van der Waals surface area contributed by atoms with E-state index < -0.39 is 0 Å². The molecule has 1 aromatic carbocycles. The van der Waals surface area contributed by atoms with Crippen LogP contribution < -0.4 is 0 Å². The lowest BCUT2D eigenvalue weighted by molar-refractivity contribution is 0.208. The molecule has 0 atom stereocenters. The Morgan fingerprint density at radius 2 is 2.00 bits per heavy atom. The third-order valence-electron chi connectivity index (χ3n) is 4.65.